The molecule has 24 heavy (non-hydrogen) atoms. The summed E-state index contributed by atoms with van der Waals surface area (Å²) in [5.74, 6) is -2.73. The molecule has 128 valence electrons. The van der Waals surface area contributed by atoms with Crippen LogP contribution in [0.25, 0.3) is 11.0 Å². The van der Waals surface area contributed by atoms with Gasteiger partial charge < -0.3 is 35.3 Å². The number of carboxylic acid groups (broad SMARTS) is 2. The molecule has 1 aliphatic rings. The second kappa shape index (κ2) is 5.83. The molecule has 0 amide bonds. The zero-order valence-electron chi connectivity index (χ0n) is 12.1. The molecule has 3 rings (SSSR count). The van der Waals surface area contributed by atoms with Crippen molar-refractivity contribution >= 4 is 23.0 Å². The summed E-state index contributed by atoms with van der Waals surface area (Å²) in [6, 6.07) is 2.22. The Morgan fingerprint density at radius 2 is 1.75 bits per heavy atom. The van der Waals surface area contributed by atoms with Crippen molar-refractivity contribution in [1.29, 1.82) is 0 Å². The molecule has 0 unspecified atom stereocenters. The van der Waals surface area contributed by atoms with Crippen LogP contribution in [0, 0.1) is 0 Å². The number of benzene rings is 1. The number of aliphatic hydroxyl groups is 3. The molecular formula is C14H14N2O8. The molecule has 1 aromatic carbocycles. The maximum absolute atomic E-state index is 11.2. The van der Waals surface area contributed by atoms with E-state index in [1.807, 2.05) is 0 Å². The fourth-order valence-corrected chi connectivity index (χ4v) is 2.69. The molecule has 2 aromatic rings. The molecule has 1 aromatic heterocycles. The van der Waals surface area contributed by atoms with Gasteiger partial charge in [-0.25, -0.2) is 14.6 Å². The number of nitrogens with zero attached hydrogens (tertiary/aromatic N) is 1. The summed E-state index contributed by atoms with van der Waals surface area (Å²) in [4.78, 5) is 29.2. The number of aromatic carboxylic acids is 2. The van der Waals surface area contributed by atoms with Crippen molar-refractivity contribution in [3.8, 4) is 0 Å². The highest BCUT2D eigenvalue weighted by Gasteiger charge is 2.44. The third-order valence-corrected chi connectivity index (χ3v) is 3.91. The van der Waals surface area contributed by atoms with Crippen LogP contribution in [0.2, 0.25) is 0 Å². The SMILES string of the molecule is O=C(O)c1cc2nc([C@@H]3O[C@H](CO)[C@@H](O)[C@H]3O)[nH]c2cc1C(=O)O. The number of hydrogen-bond acceptors (Lipinski definition) is 7. The summed E-state index contributed by atoms with van der Waals surface area (Å²) in [5, 5.41) is 47.1. The van der Waals surface area contributed by atoms with Crippen molar-refractivity contribution in [3.63, 3.8) is 0 Å². The van der Waals surface area contributed by atoms with Crippen LogP contribution in [0.4, 0.5) is 0 Å². The van der Waals surface area contributed by atoms with Crippen molar-refractivity contribution in [2.24, 2.45) is 0 Å². The number of imidazole rings is 1. The zero-order chi connectivity index (χ0) is 17.6. The van der Waals surface area contributed by atoms with Gasteiger partial charge in [0.1, 0.15) is 30.2 Å². The van der Waals surface area contributed by atoms with Crippen molar-refractivity contribution in [2.45, 2.75) is 24.4 Å². The zero-order valence-corrected chi connectivity index (χ0v) is 12.1. The number of hydrogen-bond donors (Lipinski definition) is 6. The van der Waals surface area contributed by atoms with E-state index in [1.54, 1.807) is 0 Å². The molecule has 0 spiro atoms. The standard InChI is InChI=1S/C14H14N2O8/c17-3-8-9(18)10(19)11(24-8)12-15-6-1-4(13(20)21)5(14(22)23)2-7(6)16-12/h1-2,8-11,17-19H,3H2,(H,15,16)(H,20,21)(H,22,23)/t8-,9-,10-,11-/m1/s1. The third-order valence-electron chi connectivity index (χ3n) is 3.91. The fraction of sp³-hybridized carbons (Fsp3) is 0.357. The van der Waals surface area contributed by atoms with Crippen LogP contribution in [-0.2, 0) is 4.74 Å². The predicted octanol–water partition coefficient (Wildman–Crippen LogP) is -0.887. The van der Waals surface area contributed by atoms with Gasteiger partial charge in [-0.15, -0.1) is 0 Å². The molecule has 0 saturated carbocycles. The van der Waals surface area contributed by atoms with E-state index in [0.29, 0.717) is 0 Å². The number of aromatic nitrogens is 2. The minimum atomic E-state index is -1.41. The summed E-state index contributed by atoms with van der Waals surface area (Å²) in [6.45, 7) is -0.499. The lowest BCUT2D eigenvalue weighted by Gasteiger charge is -2.11. The van der Waals surface area contributed by atoms with Gasteiger partial charge in [-0.3, -0.25) is 0 Å². The molecule has 10 nitrogen and oxygen atoms in total. The van der Waals surface area contributed by atoms with Crippen LogP contribution in [0.5, 0.6) is 0 Å². The lowest BCUT2D eigenvalue weighted by molar-refractivity contribution is -0.0249. The summed E-state index contributed by atoms with van der Waals surface area (Å²) in [6.07, 6.45) is -4.70. The van der Waals surface area contributed by atoms with Gasteiger partial charge in [-0.2, -0.15) is 0 Å². The number of fused-ring (bicyclic) bond motifs is 1. The average molecular weight is 338 g/mol. The Morgan fingerprint density at radius 1 is 1.12 bits per heavy atom. The van der Waals surface area contributed by atoms with Crippen molar-refractivity contribution < 1.29 is 39.9 Å². The molecule has 1 fully saturated rings. The number of H-pyrrole nitrogens is 1. The summed E-state index contributed by atoms with van der Waals surface area (Å²) < 4.78 is 5.33. The van der Waals surface area contributed by atoms with Crippen LogP contribution >= 0.6 is 0 Å². The molecule has 10 heteroatoms. The molecule has 4 atom stereocenters. The van der Waals surface area contributed by atoms with Crippen molar-refractivity contribution in [2.75, 3.05) is 6.61 Å². The highest BCUT2D eigenvalue weighted by Crippen LogP contribution is 2.33. The summed E-state index contributed by atoms with van der Waals surface area (Å²) in [7, 11) is 0. The van der Waals surface area contributed by atoms with Gasteiger partial charge in [0, 0.05) is 0 Å². The lowest BCUT2D eigenvalue weighted by Crippen LogP contribution is -2.32. The van der Waals surface area contributed by atoms with Crippen LogP contribution < -0.4 is 0 Å². The van der Waals surface area contributed by atoms with E-state index in [4.69, 9.17) is 20.1 Å². The molecule has 1 saturated heterocycles. The number of ether oxygens (including phenoxy) is 1. The van der Waals surface area contributed by atoms with Gasteiger partial charge in [-0.1, -0.05) is 0 Å². The highest BCUT2D eigenvalue weighted by atomic mass is 16.6. The van der Waals surface area contributed by atoms with Gasteiger partial charge >= 0.3 is 11.9 Å². The Kier molecular flexibility index (Phi) is 3.97. The number of rotatable bonds is 4. The number of aliphatic hydroxyl groups excluding tert-OH is 3. The Hall–Kier alpha value is -2.53. The van der Waals surface area contributed by atoms with Gasteiger partial charge in [-0.05, 0) is 12.1 Å². The number of aromatic amines is 1. The third kappa shape index (κ3) is 2.51. The van der Waals surface area contributed by atoms with Gasteiger partial charge in [0.15, 0.2) is 0 Å². The van der Waals surface area contributed by atoms with Crippen LogP contribution in [0.1, 0.15) is 32.6 Å². The van der Waals surface area contributed by atoms with E-state index < -0.39 is 54.1 Å². The molecule has 1 aliphatic heterocycles. The summed E-state index contributed by atoms with van der Waals surface area (Å²) in [5.41, 5.74) is -0.421. The first kappa shape index (κ1) is 16.3. The van der Waals surface area contributed by atoms with Crippen LogP contribution in [-0.4, -0.2) is 72.4 Å². The Morgan fingerprint density at radius 3 is 2.29 bits per heavy atom. The molecular weight excluding hydrogens is 324 g/mol. The van der Waals surface area contributed by atoms with Crippen LogP contribution in [0.3, 0.4) is 0 Å². The Labute approximate surface area is 133 Å². The molecule has 6 N–H and O–H groups in total. The number of carbonyl (C=O) groups is 2. The van der Waals surface area contributed by atoms with E-state index >= 15 is 0 Å². The van der Waals surface area contributed by atoms with Crippen molar-refractivity contribution in [3.05, 3.63) is 29.1 Å². The molecule has 0 aliphatic carbocycles. The molecule has 0 radical (unpaired) electrons. The molecule has 0 bridgehead atoms. The highest BCUT2D eigenvalue weighted by molar-refractivity contribution is 6.05. The van der Waals surface area contributed by atoms with E-state index in [1.165, 1.54) is 0 Å². The second-order valence-corrected chi connectivity index (χ2v) is 5.41. The van der Waals surface area contributed by atoms with Crippen LogP contribution in [0.15, 0.2) is 12.1 Å². The second-order valence-electron chi connectivity index (χ2n) is 5.41. The predicted molar refractivity (Wildman–Crippen MR) is 76.7 cm³/mol. The fourth-order valence-electron chi connectivity index (χ4n) is 2.69. The van der Waals surface area contributed by atoms with Gasteiger partial charge in [0.2, 0.25) is 0 Å². The number of carboxylic acids is 2. The Bertz CT molecular complexity index is 765. The average Bonchev–Trinajstić information content (AvgIpc) is 3.07. The minimum absolute atomic E-state index is 0.0892. The first-order chi connectivity index (χ1) is 11.3. The van der Waals surface area contributed by atoms with E-state index in [9.17, 15) is 19.8 Å². The lowest BCUT2D eigenvalue weighted by atomic mass is 10.1. The van der Waals surface area contributed by atoms with Gasteiger partial charge in [0.05, 0.1) is 28.8 Å². The summed E-state index contributed by atoms with van der Waals surface area (Å²) >= 11 is 0. The quantitative estimate of drug-likeness (QED) is 0.413. The smallest absolute Gasteiger partial charge is 0.336 e. The van der Waals surface area contributed by atoms with Crippen molar-refractivity contribution in [1.82, 2.24) is 9.97 Å². The van der Waals surface area contributed by atoms with E-state index in [-0.39, 0.29) is 16.9 Å². The van der Waals surface area contributed by atoms with E-state index in [0.717, 1.165) is 12.1 Å². The monoisotopic (exact) mass is 338 g/mol. The topological polar surface area (TPSA) is 173 Å². The maximum atomic E-state index is 11.2. The van der Waals surface area contributed by atoms with E-state index in [2.05, 4.69) is 9.97 Å². The molecule has 2 heterocycles. The Balaban J connectivity index is 2.06. The normalized spacial score (nSPS) is 26.8. The first-order valence-electron chi connectivity index (χ1n) is 6.96. The number of nitrogens with one attached hydrogen (secondary N) is 1. The maximum Gasteiger partial charge on any atom is 0.336 e. The largest absolute Gasteiger partial charge is 0.478 e. The van der Waals surface area contributed by atoms with Gasteiger partial charge in [0.25, 0.3) is 0 Å². The minimum Gasteiger partial charge on any atom is -0.478 e. The first-order valence-corrected chi connectivity index (χ1v) is 6.96.